The second kappa shape index (κ2) is 8.02. The first kappa shape index (κ1) is 18.9. The first-order chi connectivity index (χ1) is 15.8. The van der Waals surface area contributed by atoms with Gasteiger partial charge in [-0.05, 0) is 57.8 Å². The predicted octanol–water partition coefficient (Wildman–Crippen LogP) is 6.21. The van der Waals surface area contributed by atoms with Gasteiger partial charge in [0.05, 0.1) is 8.41 Å². The molecule has 0 aliphatic carbocycles. The van der Waals surface area contributed by atoms with E-state index in [1.165, 1.54) is 27.5 Å². The molecule has 6 rings (SSSR count). The third-order valence-electron chi connectivity index (χ3n) is 5.99. The quantitative estimate of drug-likeness (QED) is 0.319. The van der Waals surface area contributed by atoms with Crippen LogP contribution in [0.25, 0.3) is 33.7 Å². The van der Waals surface area contributed by atoms with Gasteiger partial charge >= 0.3 is 0 Å². The van der Waals surface area contributed by atoms with E-state index in [0.29, 0.717) is 5.89 Å². The lowest BCUT2D eigenvalue weighted by Crippen LogP contribution is -2.21. The average molecular weight is 428 g/mol. The van der Waals surface area contributed by atoms with Crippen LogP contribution in [0.15, 0.2) is 114 Å². The largest absolute Gasteiger partial charge is 0.436 e. The molecule has 2 heterocycles. The Kier molecular flexibility index (Phi) is 4.74. The highest BCUT2D eigenvalue weighted by Gasteiger charge is 2.21. The number of para-hydroxylation sites is 2. The lowest BCUT2D eigenvalue weighted by Gasteiger charge is -2.09. The van der Waals surface area contributed by atoms with Crippen LogP contribution in [0.5, 0.6) is 0 Å². The Hall–Kier alpha value is -3.82. The number of oxazole rings is 1. The topological polar surface area (TPSA) is 26.0 Å². The van der Waals surface area contributed by atoms with Crippen molar-refractivity contribution in [3.63, 3.8) is 0 Å². The van der Waals surface area contributed by atoms with E-state index < -0.39 is 8.41 Å². The van der Waals surface area contributed by atoms with E-state index in [-0.39, 0.29) is 0 Å². The minimum atomic E-state index is -0.908. The Balaban J connectivity index is 1.41. The summed E-state index contributed by atoms with van der Waals surface area (Å²) < 4.78 is 6.03. The van der Waals surface area contributed by atoms with Crippen LogP contribution in [-0.2, 0) is 0 Å². The third kappa shape index (κ3) is 3.47. The van der Waals surface area contributed by atoms with E-state index in [4.69, 9.17) is 9.40 Å². The summed E-state index contributed by atoms with van der Waals surface area (Å²) in [5.41, 5.74) is 10.7. The molecule has 0 saturated carbocycles. The summed E-state index contributed by atoms with van der Waals surface area (Å²) in [5.74, 6) is 0.688. The van der Waals surface area contributed by atoms with Crippen LogP contribution >= 0.6 is 0 Å². The van der Waals surface area contributed by atoms with Crippen molar-refractivity contribution in [2.45, 2.75) is 6.04 Å². The monoisotopic (exact) mass is 427 g/mol. The number of aromatic nitrogens is 1. The number of allylic oxidation sites excluding steroid dienone is 2. The maximum Gasteiger partial charge on any atom is 0.227 e. The van der Waals surface area contributed by atoms with Crippen LogP contribution in [0.4, 0.5) is 0 Å². The van der Waals surface area contributed by atoms with Crippen molar-refractivity contribution < 1.29 is 4.42 Å². The summed E-state index contributed by atoms with van der Waals surface area (Å²) in [5, 5.41) is 1.38. The first-order valence-electron chi connectivity index (χ1n) is 10.9. The molecule has 0 amide bonds. The molecule has 5 aromatic rings. The maximum absolute atomic E-state index is 6.03. The van der Waals surface area contributed by atoms with Gasteiger partial charge in [0.2, 0.25) is 5.89 Å². The third-order valence-corrected chi connectivity index (χ3v) is 8.42. The number of nitrogens with zero attached hydrogens (tertiary/aromatic N) is 1. The van der Waals surface area contributed by atoms with Gasteiger partial charge in [-0.1, -0.05) is 90.6 Å². The number of benzene rings is 4. The molecule has 0 N–H and O–H groups in total. The second-order valence-electron chi connectivity index (χ2n) is 8.04. The molecule has 152 valence electrons. The molecule has 0 saturated heterocycles. The van der Waals surface area contributed by atoms with Crippen molar-refractivity contribution in [1.82, 2.24) is 4.98 Å². The van der Waals surface area contributed by atoms with Crippen LogP contribution < -0.4 is 5.19 Å². The molecule has 0 unspecified atom stereocenters. The van der Waals surface area contributed by atoms with E-state index in [1.54, 1.807) is 0 Å². The van der Waals surface area contributed by atoms with Gasteiger partial charge in [0.15, 0.2) is 5.58 Å². The fraction of sp³-hybridized carbons (Fsp3) is 0.0345. The van der Waals surface area contributed by atoms with E-state index in [9.17, 15) is 0 Å². The zero-order valence-corrected chi connectivity index (χ0v) is 18.5. The van der Waals surface area contributed by atoms with Crippen LogP contribution in [-0.4, -0.2) is 19.1 Å². The standard InChI is InChI=1S/C29H21NOSi/c1-3-10-21(11-4-1)25-19-32(20-26(25)22-12-5-2-6-13-22)24-15-9-14-23(18-24)29-30-27-16-7-8-17-28(27)31-29/h1-19H,20H2. The maximum atomic E-state index is 6.03. The molecule has 0 radical (unpaired) electrons. The zero-order chi connectivity index (χ0) is 21.3. The van der Waals surface area contributed by atoms with E-state index in [0.717, 1.165) is 22.7 Å². The fourth-order valence-electron chi connectivity index (χ4n) is 4.40. The van der Waals surface area contributed by atoms with Gasteiger partial charge in [-0.3, -0.25) is 0 Å². The normalized spacial score (nSPS) is 13.6. The molecule has 32 heavy (non-hydrogen) atoms. The zero-order valence-electron chi connectivity index (χ0n) is 17.5. The summed E-state index contributed by atoms with van der Waals surface area (Å²) in [6.07, 6.45) is 0. The van der Waals surface area contributed by atoms with Gasteiger partial charge in [-0.25, -0.2) is 4.98 Å². The van der Waals surface area contributed by atoms with Crippen LogP contribution in [0.2, 0.25) is 6.04 Å². The van der Waals surface area contributed by atoms with Crippen LogP contribution in [0.1, 0.15) is 11.1 Å². The Bertz CT molecular complexity index is 1450. The van der Waals surface area contributed by atoms with Crippen molar-refractivity contribution >= 4 is 41.5 Å². The highest BCUT2D eigenvalue weighted by atomic mass is 28.2. The molecule has 1 aliphatic rings. The van der Waals surface area contributed by atoms with Crippen molar-refractivity contribution in [1.29, 1.82) is 0 Å². The summed E-state index contributed by atoms with van der Waals surface area (Å²) in [6.45, 7) is 0. The first-order valence-corrected chi connectivity index (χ1v) is 12.6. The number of hydrogen-bond acceptors (Lipinski definition) is 2. The van der Waals surface area contributed by atoms with Crippen molar-refractivity contribution in [3.8, 4) is 11.5 Å². The van der Waals surface area contributed by atoms with Gasteiger partial charge in [0.25, 0.3) is 0 Å². The molecular formula is C29H21NOSi. The Morgan fingerprint density at radius 2 is 1.34 bits per heavy atom. The van der Waals surface area contributed by atoms with Crippen molar-refractivity contribution in [2.75, 3.05) is 0 Å². The number of rotatable bonds is 4. The van der Waals surface area contributed by atoms with E-state index in [1.807, 2.05) is 24.3 Å². The molecule has 0 fully saturated rings. The lowest BCUT2D eigenvalue weighted by molar-refractivity contribution is 0.620. The SMILES string of the molecule is C1=[Si](c2cccc(-c3nc4ccccc4o3)c2)CC(c2ccccc2)=C1c1ccccc1. The minimum Gasteiger partial charge on any atom is -0.436 e. The van der Waals surface area contributed by atoms with Gasteiger partial charge < -0.3 is 4.42 Å². The average Bonchev–Trinajstić information content (AvgIpc) is 3.50. The molecule has 0 spiro atoms. The molecule has 1 aliphatic heterocycles. The Morgan fingerprint density at radius 1 is 0.656 bits per heavy atom. The van der Waals surface area contributed by atoms with Crippen LogP contribution in [0.3, 0.4) is 0 Å². The Labute approximate surface area is 188 Å². The molecule has 3 heteroatoms. The van der Waals surface area contributed by atoms with Crippen molar-refractivity contribution in [2.24, 2.45) is 0 Å². The molecular weight excluding hydrogens is 406 g/mol. The minimum absolute atomic E-state index is 0.688. The van der Waals surface area contributed by atoms with Gasteiger partial charge in [0, 0.05) is 5.56 Å². The van der Waals surface area contributed by atoms with E-state index >= 15 is 0 Å². The Morgan fingerprint density at radius 3 is 2.12 bits per heavy atom. The summed E-state index contributed by atoms with van der Waals surface area (Å²) >= 11 is 0. The summed E-state index contributed by atoms with van der Waals surface area (Å²) in [4.78, 5) is 4.70. The lowest BCUT2D eigenvalue weighted by atomic mass is 9.97. The molecule has 0 atom stereocenters. The van der Waals surface area contributed by atoms with Crippen molar-refractivity contribution in [3.05, 3.63) is 120 Å². The van der Waals surface area contributed by atoms with Crippen LogP contribution in [0, 0.1) is 0 Å². The smallest absolute Gasteiger partial charge is 0.227 e. The highest BCUT2D eigenvalue weighted by molar-refractivity contribution is 6.86. The van der Waals surface area contributed by atoms with Gasteiger partial charge in [0.1, 0.15) is 5.52 Å². The molecule has 4 aromatic carbocycles. The molecule has 1 aromatic heterocycles. The van der Waals surface area contributed by atoms with Gasteiger partial charge in [-0.15, -0.1) is 0 Å². The number of fused-ring (bicyclic) bond motifs is 1. The summed E-state index contributed by atoms with van der Waals surface area (Å²) in [7, 11) is -0.908. The molecule has 2 nitrogen and oxygen atoms in total. The highest BCUT2D eigenvalue weighted by Crippen LogP contribution is 2.33. The van der Waals surface area contributed by atoms with E-state index in [2.05, 4.69) is 90.6 Å². The number of hydrogen-bond donors (Lipinski definition) is 0. The predicted molar refractivity (Wildman–Crippen MR) is 135 cm³/mol. The molecule has 0 bridgehead atoms. The summed E-state index contributed by atoms with van der Waals surface area (Å²) in [6, 6.07) is 39.3. The van der Waals surface area contributed by atoms with Gasteiger partial charge in [-0.2, -0.15) is 0 Å². The fourth-order valence-corrected chi connectivity index (χ4v) is 6.99. The second-order valence-corrected chi connectivity index (χ2v) is 10.3.